The van der Waals surface area contributed by atoms with Gasteiger partial charge in [-0.15, -0.1) is 17.9 Å². The first-order chi connectivity index (χ1) is 13.1. The molecule has 0 saturated carbocycles. The first-order valence-electron chi connectivity index (χ1n) is 8.38. The van der Waals surface area contributed by atoms with Gasteiger partial charge in [0.05, 0.1) is 18.3 Å². The van der Waals surface area contributed by atoms with Crippen LogP contribution in [0.3, 0.4) is 0 Å². The zero-order chi connectivity index (χ0) is 19.2. The van der Waals surface area contributed by atoms with Crippen LogP contribution in [0, 0.1) is 11.6 Å². The number of hydrogen-bond donors (Lipinski definition) is 0. The highest BCUT2D eigenvalue weighted by Gasteiger charge is 2.16. The molecule has 140 valence electrons. The van der Waals surface area contributed by atoms with Crippen molar-refractivity contribution in [3.8, 4) is 11.3 Å². The number of aryl methyl sites for hydroxylation is 1. The quantitative estimate of drug-likeness (QED) is 0.519. The van der Waals surface area contributed by atoms with E-state index in [1.807, 2.05) is 17.5 Å². The second-order valence-corrected chi connectivity index (χ2v) is 6.92. The second kappa shape index (κ2) is 8.73. The molecule has 3 aromatic rings. The number of nitrogens with zero attached hydrogens (tertiary/aromatic N) is 2. The molecule has 0 saturated heterocycles. The van der Waals surface area contributed by atoms with Crippen molar-refractivity contribution in [3.05, 3.63) is 77.0 Å². The first-order valence-corrected chi connectivity index (χ1v) is 9.26. The lowest BCUT2D eigenvalue weighted by atomic mass is 10.2. The van der Waals surface area contributed by atoms with Crippen LogP contribution in [0.15, 0.2) is 59.0 Å². The second-order valence-electron chi connectivity index (χ2n) is 5.88. The Labute approximate surface area is 159 Å². The van der Waals surface area contributed by atoms with Gasteiger partial charge in [-0.25, -0.2) is 13.8 Å². The molecule has 1 amide bonds. The van der Waals surface area contributed by atoms with Crippen LogP contribution in [0.1, 0.15) is 17.2 Å². The summed E-state index contributed by atoms with van der Waals surface area (Å²) in [6, 6.07) is 7.17. The van der Waals surface area contributed by atoms with Gasteiger partial charge in [0, 0.05) is 30.3 Å². The number of oxazole rings is 1. The number of hydrogen-bond acceptors (Lipinski definition) is 4. The fourth-order valence-corrected chi connectivity index (χ4v) is 3.33. The number of carbonyl (C=O) groups is 1. The van der Waals surface area contributed by atoms with Crippen molar-refractivity contribution in [3.63, 3.8) is 0 Å². The Bertz CT molecular complexity index is 922. The number of rotatable bonds is 8. The van der Waals surface area contributed by atoms with E-state index in [0.29, 0.717) is 25.4 Å². The molecule has 3 rings (SSSR count). The maximum Gasteiger partial charge on any atom is 0.223 e. The monoisotopic (exact) mass is 388 g/mol. The van der Waals surface area contributed by atoms with Gasteiger partial charge in [0.15, 0.2) is 11.7 Å². The van der Waals surface area contributed by atoms with Gasteiger partial charge in [0.2, 0.25) is 5.91 Å². The molecule has 27 heavy (non-hydrogen) atoms. The molecule has 4 nitrogen and oxygen atoms in total. The molecule has 0 aliphatic carbocycles. The maximum absolute atomic E-state index is 13.8. The first kappa shape index (κ1) is 19.0. The van der Waals surface area contributed by atoms with E-state index in [0.717, 1.165) is 17.0 Å². The van der Waals surface area contributed by atoms with E-state index in [1.54, 1.807) is 22.3 Å². The van der Waals surface area contributed by atoms with Crippen molar-refractivity contribution in [1.82, 2.24) is 9.88 Å². The molecule has 0 spiro atoms. The minimum atomic E-state index is -0.720. The molecule has 0 bridgehead atoms. The molecule has 0 aliphatic heterocycles. The van der Waals surface area contributed by atoms with Gasteiger partial charge >= 0.3 is 0 Å². The van der Waals surface area contributed by atoms with Crippen LogP contribution >= 0.6 is 11.3 Å². The molecular formula is C20H18F2N2O2S. The van der Waals surface area contributed by atoms with E-state index in [1.165, 1.54) is 12.3 Å². The van der Waals surface area contributed by atoms with Gasteiger partial charge in [-0.2, -0.15) is 0 Å². The molecule has 0 atom stereocenters. The topological polar surface area (TPSA) is 46.3 Å². The SMILES string of the molecule is C=CCN(Cc1cccs1)C(=O)CCc1ncc(-c2ccc(F)cc2F)o1. The summed E-state index contributed by atoms with van der Waals surface area (Å²) >= 11 is 1.59. The van der Waals surface area contributed by atoms with Crippen LogP contribution in [0.4, 0.5) is 8.78 Å². The van der Waals surface area contributed by atoms with Gasteiger partial charge in [-0.3, -0.25) is 4.79 Å². The molecular weight excluding hydrogens is 370 g/mol. The van der Waals surface area contributed by atoms with Crippen LogP contribution in [-0.4, -0.2) is 22.3 Å². The van der Waals surface area contributed by atoms with Gasteiger partial charge in [-0.1, -0.05) is 12.1 Å². The Balaban J connectivity index is 1.62. The third-order valence-corrected chi connectivity index (χ3v) is 4.79. The number of thiophene rings is 1. The molecule has 7 heteroatoms. The van der Waals surface area contributed by atoms with Crippen molar-refractivity contribution in [1.29, 1.82) is 0 Å². The van der Waals surface area contributed by atoms with Crippen LogP contribution in [0.25, 0.3) is 11.3 Å². The molecule has 0 N–H and O–H groups in total. The van der Waals surface area contributed by atoms with Gasteiger partial charge in [0.25, 0.3) is 0 Å². The standard InChI is InChI=1S/C20H18F2N2O2S/c1-2-9-24(13-15-4-3-10-27-15)20(25)8-7-19-23-12-18(26-19)16-6-5-14(21)11-17(16)22/h2-6,10-12H,1,7-9,13H2. The number of aromatic nitrogens is 1. The third kappa shape index (κ3) is 4.89. The van der Waals surface area contributed by atoms with E-state index >= 15 is 0 Å². The Hall–Kier alpha value is -2.80. The van der Waals surface area contributed by atoms with Crippen molar-refractivity contribution in [2.24, 2.45) is 0 Å². The Morgan fingerprint density at radius 1 is 1.33 bits per heavy atom. The Kier molecular flexibility index (Phi) is 6.13. The fraction of sp³-hybridized carbons (Fsp3) is 0.200. The Morgan fingerprint density at radius 2 is 2.19 bits per heavy atom. The normalized spacial score (nSPS) is 10.7. The fourth-order valence-electron chi connectivity index (χ4n) is 2.61. The van der Waals surface area contributed by atoms with Gasteiger partial charge in [-0.05, 0) is 23.6 Å². The summed E-state index contributed by atoms with van der Waals surface area (Å²) in [5, 5.41) is 1.97. The lowest BCUT2D eigenvalue weighted by Crippen LogP contribution is -2.30. The van der Waals surface area contributed by atoms with E-state index in [9.17, 15) is 13.6 Å². The highest BCUT2D eigenvalue weighted by atomic mass is 32.1. The summed E-state index contributed by atoms with van der Waals surface area (Å²) in [5.41, 5.74) is 0.132. The largest absolute Gasteiger partial charge is 0.441 e. The summed E-state index contributed by atoms with van der Waals surface area (Å²) < 4.78 is 32.4. The average Bonchev–Trinajstić information content (AvgIpc) is 3.31. The summed E-state index contributed by atoms with van der Waals surface area (Å²) in [5.74, 6) is -0.888. The van der Waals surface area contributed by atoms with E-state index < -0.39 is 11.6 Å². The maximum atomic E-state index is 13.8. The van der Waals surface area contributed by atoms with Gasteiger partial charge in [0.1, 0.15) is 11.6 Å². The number of halogens is 2. The van der Waals surface area contributed by atoms with Crippen LogP contribution < -0.4 is 0 Å². The summed E-state index contributed by atoms with van der Waals surface area (Å²) in [6.07, 6.45) is 3.57. The number of benzene rings is 1. The highest BCUT2D eigenvalue weighted by molar-refractivity contribution is 7.09. The van der Waals surface area contributed by atoms with Crippen LogP contribution in [0.5, 0.6) is 0 Å². The summed E-state index contributed by atoms with van der Waals surface area (Å²) in [6.45, 7) is 4.68. The van der Waals surface area contributed by atoms with E-state index in [4.69, 9.17) is 4.42 Å². The average molecular weight is 388 g/mol. The van der Waals surface area contributed by atoms with Crippen molar-refractivity contribution < 1.29 is 18.0 Å². The van der Waals surface area contributed by atoms with Crippen LogP contribution in [-0.2, 0) is 17.8 Å². The smallest absolute Gasteiger partial charge is 0.223 e. The molecule has 2 heterocycles. The predicted molar refractivity (Wildman–Crippen MR) is 100 cm³/mol. The molecule has 0 radical (unpaired) electrons. The van der Waals surface area contributed by atoms with E-state index in [-0.39, 0.29) is 23.7 Å². The molecule has 0 aliphatic rings. The summed E-state index contributed by atoms with van der Waals surface area (Å²) in [4.78, 5) is 19.4. The minimum Gasteiger partial charge on any atom is -0.441 e. The van der Waals surface area contributed by atoms with E-state index in [2.05, 4.69) is 11.6 Å². The zero-order valence-electron chi connectivity index (χ0n) is 14.5. The number of carbonyl (C=O) groups excluding carboxylic acids is 1. The zero-order valence-corrected chi connectivity index (χ0v) is 15.3. The van der Waals surface area contributed by atoms with Gasteiger partial charge < -0.3 is 9.32 Å². The predicted octanol–water partition coefficient (Wildman–Crippen LogP) is 4.83. The van der Waals surface area contributed by atoms with Crippen molar-refractivity contribution in [2.75, 3.05) is 6.54 Å². The molecule has 0 fully saturated rings. The highest BCUT2D eigenvalue weighted by Crippen LogP contribution is 2.24. The third-order valence-electron chi connectivity index (χ3n) is 3.93. The lowest BCUT2D eigenvalue weighted by Gasteiger charge is -2.20. The summed E-state index contributed by atoms with van der Waals surface area (Å²) in [7, 11) is 0. The molecule has 1 aromatic carbocycles. The van der Waals surface area contributed by atoms with Crippen molar-refractivity contribution >= 4 is 17.2 Å². The van der Waals surface area contributed by atoms with Crippen molar-refractivity contribution in [2.45, 2.75) is 19.4 Å². The minimum absolute atomic E-state index is 0.0454. The molecule has 2 aromatic heterocycles. The molecule has 0 unspecified atom stereocenters. The van der Waals surface area contributed by atoms with Crippen LogP contribution in [0.2, 0.25) is 0 Å². The number of amides is 1. The lowest BCUT2D eigenvalue weighted by molar-refractivity contribution is -0.131. The Morgan fingerprint density at radius 3 is 2.89 bits per heavy atom.